The maximum absolute atomic E-state index is 5.59. The van der Waals surface area contributed by atoms with Crippen molar-refractivity contribution < 1.29 is 0 Å². The predicted molar refractivity (Wildman–Crippen MR) is 86.1 cm³/mol. The highest BCUT2D eigenvalue weighted by atomic mass is 32.1. The first-order valence-corrected chi connectivity index (χ1v) is 7.97. The lowest BCUT2D eigenvalue weighted by atomic mass is 10.1. The van der Waals surface area contributed by atoms with Gasteiger partial charge in [0.05, 0.1) is 4.99 Å². The third-order valence-corrected chi connectivity index (χ3v) is 3.33. The fraction of sp³-hybridized carbons (Fsp3) is 0.933. The lowest BCUT2D eigenvalue weighted by Crippen LogP contribution is -2.32. The number of hydrogen-bond donors (Lipinski definition) is 1. The van der Waals surface area contributed by atoms with Crippen LogP contribution in [0.3, 0.4) is 0 Å². The first-order valence-electron chi connectivity index (χ1n) is 7.57. The second-order valence-electron chi connectivity index (χ2n) is 5.68. The molecule has 0 unspecified atom stereocenters. The molecule has 18 heavy (non-hydrogen) atoms. The van der Waals surface area contributed by atoms with Crippen LogP contribution in [0.5, 0.6) is 0 Å². The summed E-state index contributed by atoms with van der Waals surface area (Å²) in [6, 6.07) is 0. The topological polar surface area (TPSA) is 29.3 Å². The zero-order chi connectivity index (χ0) is 13.8. The maximum atomic E-state index is 5.59. The van der Waals surface area contributed by atoms with Crippen molar-refractivity contribution in [3.05, 3.63) is 0 Å². The molecule has 0 heterocycles. The predicted octanol–water partition coefficient (Wildman–Crippen LogP) is 3.98. The molecular formula is C15H32N2S. The molecule has 0 bridgehead atoms. The molecule has 0 spiro atoms. The Bertz CT molecular complexity index is 205. The Labute approximate surface area is 119 Å². The van der Waals surface area contributed by atoms with Crippen molar-refractivity contribution in [3.63, 3.8) is 0 Å². The van der Waals surface area contributed by atoms with Crippen LogP contribution in [-0.4, -0.2) is 29.5 Å². The van der Waals surface area contributed by atoms with Gasteiger partial charge >= 0.3 is 0 Å². The van der Waals surface area contributed by atoms with Crippen molar-refractivity contribution >= 4 is 17.2 Å². The van der Waals surface area contributed by atoms with Crippen LogP contribution in [0.1, 0.15) is 65.7 Å². The number of rotatable bonds is 12. The Morgan fingerprint density at radius 3 is 2.22 bits per heavy atom. The molecule has 2 N–H and O–H groups in total. The van der Waals surface area contributed by atoms with Crippen molar-refractivity contribution in [3.8, 4) is 0 Å². The van der Waals surface area contributed by atoms with Crippen molar-refractivity contribution in [1.29, 1.82) is 0 Å². The average Bonchev–Trinajstić information content (AvgIpc) is 2.29. The van der Waals surface area contributed by atoms with E-state index in [2.05, 4.69) is 25.7 Å². The Morgan fingerprint density at radius 2 is 1.67 bits per heavy atom. The molecule has 0 aliphatic heterocycles. The molecule has 3 heteroatoms. The number of nitrogens with zero attached hydrogens (tertiary/aromatic N) is 1. The summed E-state index contributed by atoms with van der Waals surface area (Å²) in [6.45, 7) is 10.2. The summed E-state index contributed by atoms with van der Waals surface area (Å²) in [6.07, 6.45) is 9.03. The van der Waals surface area contributed by atoms with Gasteiger partial charge in [0.2, 0.25) is 0 Å². The SMILES string of the molecule is CCCCCCCCN(CCC(N)=S)CC(C)C. The second kappa shape index (κ2) is 11.9. The number of nitrogens with two attached hydrogens (primary N) is 1. The molecular weight excluding hydrogens is 240 g/mol. The minimum absolute atomic E-state index is 0.645. The quantitative estimate of drug-likeness (QED) is 0.430. The van der Waals surface area contributed by atoms with Crippen LogP contribution in [-0.2, 0) is 0 Å². The van der Waals surface area contributed by atoms with Gasteiger partial charge in [-0.25, -0.2) is 0 Å². The Morgan fingerprint density at radius 1 is 1.06 bits per heavy atom. The van der Waals surface area contributed by atoms with E-state index in [1.165, 1.54) is 45.1 Å². The summed E-state index contributed by atoms with van der Waals surface area (Å²) < 4.78 is 0. The van der Waals surface area contributed by atoms with Crippen molar-refractivity contribution in [2.45, 2.75) is 65.7 Å². The van der Waals surface area contributed by atoms with Gasteiger partial charge in [0.25, 0.3) is 0 Å². The fourth-order valence-corrected chi connectivity index (χ4v) is 2.29. The molecule has 0 saturated heterocycles. The minimum atomic E-state index is 0.645. The van der Waals surface area contributed by atoms with Gasteiger partial charge in [-0.2, -0.15) is 0 Å². The van der Waals surface area contributed by atoms with Gasteiger partial charge in [-0.3, -0.25) is 0 Å². The Kier molecular flexibility index (Phi) is 11.8. The van der Waals surface area contributed by atoms with Crippen molar-refractivity contribution in [1.82, 2.24) is 4.90 Å². The molecule has 0 saturated carbocycles. The molecule has 0 aliphatic rings. The number of hydrogen-bond acceptors (Lipinski definition) is 2. The molecule has 0 radical (unpaired) electrons. The van der Waals surface area contributed by atoms with Crippen LogP contribution >= 0.6 is 12.2 Å². The lowest BCUT2D eigenvalue weighted by molar-refractivity contribution is 0.245. The summed E-state index contributed by atoms with van der Waals surface area (Å²) in [5.41, 5.74) is 5.59. The average molecular weight is 273 g/mol. The van der Waals surface area contributed by atoms with Crippen LogP contribution in [0.15, 0.2) is 0 Å². The van der Waals surface area contributed by atoms with E-state index in [1.807, 2.05) is 0 Å². The van der Waals surface area contributed by atoms with E-state index in [0.717, 1.165) is 25.4 Å². The van der Waals surface area contributed by atoms with Gasteiger partial charge < -0.3 is 10.6 Å². The molecule has 0 aromatic heterocycles. The lowest BCUT2D eigenvalue weighted by Gasteiger charge is -2.24. The van der Waals surface area contributed by atoms with Crippen LogP contribution in [0.4, 0.5) is 0 Å². The van der Waals surface area contributed by atoms with E-state index in [9.17, 15) is 0 Å². The van der Waals surface area contributed by atoms with Crippen molar-refractivity contribution in [2.75, 3.05) is 19.6 Å². The summed E-state index contributed by atoms with van der Waals surface area (Å²) in [7, 11) is 0. The van der Waals surface area contributed by atoms with Gasteiger partial charge in [-0.05, 0) is 18.9 Å². The third-order valence-electron chi connectivity index (χ3n) is 3.13. The molecule has 0 fully saturated rings. The highest BCUT2D eigenvalue weighted by molar-refractivity contribution is 7.80. The largest absolute Gasteiger partial charge is 0.393 e. The summed E-state index contributed by atoms with van der Waals surface area (Å²) in [5.74, 6) is 0.719. The third kappa shape index (κ3) is 12.3. The standard InChI is InChI=1S/C15H32N2S/c1-4-5-6-7-8-9-11-17(13-14(2)3)12-10-15(16)18/h14H,4-13H2,1-3H3,(H2,16,18). The second-order valence-corrected chi connectivity index (χ2v) is 6.20. The first-order chi connectivity index (χ1) is 8.56. The summed E-state index contributed by atoms with van der Waals surface area (Å²) in [4.78, 5) is 3.16. The zero-order valence-corrected chi connectivity index (χ0v) is 13.4. The molecule has 0 rings (SSSR count). The highest BCUT2D eigenvalue weighted by Crippen LogP contribution is 2.07. The van der Waals surface area contributed by atoms with E-state index in [4.69, 9.17) is 18.0 Å². The van der Waals surface area contributed by atoms with E-state index in [0.29, 0.717) is 4.99 Å². The van der Waals surface area contributed by atoms with E-state index in [1.54, 1.807) is 0 Å². The van der Waals surface area contributed by atoms with Gasteiger partial charge in [-0.15, -0.1) is 0 Å². The van der Waals surface area contributed by atoms with Gasteiger partial charge in [-0.1, -0.05) is 65.1 Å². The molecule has 0 aliphatic carbocycles. The molecule has 0 aromatic rings. The minimum Gasteiger partial charge on any atom is -0.393 e. The van der Waals surface area contributed by atoms with Crippen LogP contribution in [0.2, 0.25) is 0 Å². The normalized spacial score (nSPS) is 11.4. The fourth-order valence-electron chi connectivity index (χ4n) is 2.19. The smallest absolute Gasteiger partial charge is 0.0740 e. The van der Waals surface area contributed by atoms with Gasteiger partial charge in [0.1, 0.15) is 0 Å². The van der Waals surface area contributed by atoms with E-state index >= 15 is 0 Å². The summed E-state index contributed by atoms with van der Waals surface area (Å²) in [5, 5.41) is 0. The van der Waals surface area contributed by atoms with Gasteiger partial charge in [0.15, 0.2) is 0 Å². The van der Waals surface area contributed by atoms with E-state index in [-0.39, 0.29) is 0 Å². The zero-order valence-electron chi connectivity index (χ0n) is 12.6. The van der Waals surface area contributed by atoms with Crippen LogP contribution in [0.25, 0.3) is 0 Å². The molecule has 108 valence electrons. The maximum Gasteiger partial charge on any atom is 0.0740 e. The monoisotopic (exact) mass is 272 g/mol. The first kappa shape index (κ1) is 17.8. The highest BCUT2D eigenvalue weighted by Gasteiger charge is 2.07. The Balaban J connectivity index is 3.68. The molecule has 0 aromatic carbocycles. The van der Waals surface area contributed by atoms with Crippen molar-refractivity contribution in [2.24, 2.45) is 11.7 Å². The van der Waals surface area contributed by atoms with Gasteiger partial charge in [0, 0.05) is 19.5 Å². The van der Waals surface area contributed by atoms with Crippen LogP contribution < -0.4 is 5.73 Å². The van der Waals surface area contributed by atoms with E-state index < -0.39 is 0 Å². The Hall–Kier alpha value is -0.150. The molecule has 0 amide bonds. The summed E-state index contributed by atoms with van der Waals surface area (Å²) >= 11 is 4.96. The van der Waals surface area contributed by atoms with Crippen LogP contribution in [0, 0.1) is 5.92 Å². The molecule has 2 nitrogen and oxygen atoms in total. The molecule has 0 atom stereocenters. The number of thiocarbonyl (C=S) groups is 1. The number of unbranched alkanes of at least 4 members (excludes halogenated alkanes) is 5.